The average Bonchev–Trinajstić information content (AvgIpc) is 2.94. The van der Waals surface area contributed by atoms with Crippen LogP contribution in [0.2, 0.25) is 0 Å². The highest BCUT2D eigenvalue weighted by Gasteiger charge is 2.27. The summed E-state index contributed by atoms with van der Waals surface area (Å²) in [5, 5.41) is 6.54. The molecular weight excluding hydrogens is 476 g/mol. The molecule has 0 bridgehead atoms. The van der Waals surface area contributed by atoms with Crippen LogP contribution in [0.1, 0.15) is 61.6 Å². The number of aryl methyl sites for hydroxylation is 1. The highest BCUT2D eigenvalue weighted by atomic mass is 16.5. The van der Waals surface area contributed by atoms with Crippen molar-refractivity contribution in [1.29, 1.82) is 0 Å². The van der Waals surface area contributed by atoms with Crippen LogP contribution in [0.4, 0.5) is 0 Å². The Kier molecular flexibility index (Phi) is 10.1. The maximum absolute atomic E-state index is 12.7. The fourth-order valence-corrected chi connectivity index (χ4v) is 4.73. The molecule has 0 spiro atoms. The minimum absolute atomic E-state index is 0.0330. The van der Waals surface area contributed by atoms with Gasteiger partial charge in [-0.3, -0.25) is 9.59 Å². The van der Waals surface area contributed by atoms with E-state index >= 15 is 0 Å². The van der Waals surface area contributed by atoms with Crippen molar-refractivity contribution in [3.05, 3.63) is 102 Å². The number of rotatable bonds is 13. The number of esters is 1. The Morgan fingerprint density at radius 3 is 2.32 bits per heavy atom. The summed E-state index contributed by atoms with van der Waals surface area (Å²) in [6, 6.07) is 28.8. The third-order valence-electron chi connectivity index (χ3n) is 6.56. The minimum atomic E-state index is -0.193. The lowest BCUT2D eigenvalue weighted by Crippen LogP contribution is -2.34. The smallest absolute Gasteiger partial charge is 0.305 e. The predicted octanol–water partition coefficient (Wildman–Crippen LogP) is 6.15. The number of carbonyl (C=O) groups is 2. The molecule has 3 aromatic rings. The first-order valence-corrected chi connectivity index (χ1v) is 13.5. The van der Waals surface area contributed by atoms with Crippen LogP contribution in [0.25, 0.3) is 0 Å². The summed E-state index contributed by atoms with van der Waals surface area (Å²) < 4.78 is 10.8. The van der Waals surface area contributed by atoms with E-state index in [2.05, 4.69) is 54.6 Å². The average molecular weight is 513 g/mol. The van der Waals surface area contributed by atoms with Gasteiger partial charge in [-0.05, 0) is 61.4 Å². The Balaban J connectivity index is 1.36. The van der Waals surface area contributed by atoms with Gasteiger partial charge in [0, 0.05) is 25.3 Å². The number of hydrogen-bond donors (Lipinski definition) is 0. The van der Waals surface area contributed by atoms with Crippen molar-refractivity contribution in [3.8, 4) is 5.75 Å². The molecule has 0 radical (unpaired) electrons. The second kappa shape index (κ2) is 14.1. The molecule has 1 heterocycles. The van der Waals surface area contributed by atoms with Gasteiger partial charge in [0.1, 0.15) is 5.75 Å². The van der Waals surface area contributed by atoms with Gasteiger partial charge in [-0.15, -0.1) is 0 Å². The van der Waals surface area contributed by atoms with Crippen molar-refractivity contribution < 1.29 is 19.1 Å². The van der Waals surface area contributed by atoms with Crippen LogP contribution < -0.4 is 4.74 Å². The summed E-state index contributed by atoms with van der Waals surface area (Å²) in [6.45, 7) is 3.24. The summed E-state index contributed by atoms with van der Waals surface area (Å²) in [5.41, 5.74) is 4.55. The van der Waals surface area contributed by atoms with Gasteiger partial charge in [0.2, 0.25) is 5.91 Å². The standard InChI is InChI=1S/C32H36N2O4/c1-2-37-31(36)19-11-23-38-28-18-9-12-25(24-28)13-10-22-34-30(35)21-20-29(33-34)32(26-14-5-3-6-15-26)27-16-7-4-8-17-27/h3-9,12,14-18,24,32H,2,10-11,13,19-23H2,1H3. The van der Waals surface area contributed by atoms with Gasteiger partial charge < -0.3 is 9.47 Å². The van der Waals surface area contributed by atoms with Crippen LogP contribution in [0.15, 0.2) is 90.0 Å². The molecule has 198 valence electrons. The van der Waals surface area contributed by atoms with Crippen molar-refractivity contribution in [2.75, 3.05) is 19.8 Å². The molecule has 0 aliphatic carbocycles. The fraction of sp³-hybridized carbons (Fsp3) is 0.344. The first-order valence-electron chi connectivity index (χ1n) is 13.5. The monoisotopic (exact) mass is 512 g/mol. The number of carbonyl (C=O) groups excluding carboxylic acids is 2. The molecule has 0 saturated heterocycles. The molecule has 0 N–H and O–H groups in total. The molecule has 0 atom stereocenters. The normalized spacial score (nSPS) is 13.4. The maximum Gasteiger partial charge on any atom is 0.305 e. The van der Waals surface area contributed by atoms with Crippen LogP contribution in [-0.2, 0) is 20.7 Å². The van der Waals surface area contributed by atoms with E-state index in [0.29, 0.717) is 45.4 Å². The first-order chi connectivity index (χ1) is 18.6. The third-order valence-corrected chi connectivity index (χ3v) is 6.56. The summed E-state index contributed by atoms with van der Waals surface area (Å²) in [5.74, 6) is 0.703. The Morgan fingerprint density at radius 2 is 1.63 bits per heavy atom. The molecular formula is C32H36N2O4. The zero-order valence-corrected chi connectivity index (χ0v) is 22.1. The summed E-state index contributed by atoms with van der Waals surface area (Å²) in [6.07, 6.45) is 3.73. The van der Waals surface area contributed by atoms with Gasteiger partial charge in [-0.2, -0.15) is 5.10 Å². The number of ether oxygens (including phenoxy) is 2. The largest absolute Gasteiger partial charge is 0.494 e. The van der Waals surface area contributed by atoms with E-state index < -0.39 is 0 Å². The van der Waals surface area contributed by atoms with E-state index in [1.165, 1.54) is 11.1 Å². The molecule has 38 heavy (non-hydrogen) atoms. The number of nitrogens with zero attached hydrogens (tertiary/aromatic N) is 2. The molecule has 0 saturated carbocycles. The highest BCUT2D eigenvalue weighted by Crippen LogP contribution is 2.30. The number of amides is 1. The van der Waals surface area contributed by atoms with Crippen LogP contribution in [0.5, 0.6) is 5.75 Å². The summed E-state index contributed by atoms with van der Waals surface area (Å²) in [4.78, 5) is 24.2. The molecule has 3 aromatic carbocycles. The SMILES string of the molecule is CCOC(=O)CCCOc1cccc(CCCN2N=C(C(c3ccccc3)c3ccccc3)CCC2=O)c1. The Morgan fingerprint density at radius 1 is 0.921 bits per heavy atom. The van der Waals surface area contributed by atoms with Crippen LogP contribution in [0.3, 0.4) is 0 Å². The highest BCUT2D eigenvalue weighted by molar-refractivity contribution is 5.98. The van der Waals surface area contributed by atoms with Crippen LogP contribution in [-0.4, -0.2) is 42.4 Å². The molecule has 1 aliphatic rings. The quantitative estimate of drug-likeness (QED) is 0.203. The third kappa shape index (κ3) is 7.78. The van der Waals surface area contributed by atoms with E-state index in [9.17, 15) is 9.59 Å². The van der Waals surface area contributed by atoms with E-state index in [1.54, 1.807) is 11.9 Å². The van der Waals surface area contributed by atoms with E-state index in [-0.39, 0.29) is 17.8 Å². The zero-order chi connectivity index (χ0) is 26.6. The Bertz CT molecular complexity index is 1170. The lowest BCUT2D eigenvalue weighted by atomic mass is 9.85. The van der Waals surface area contributed by atoms with Gasteiger partial charge in [0.25, 0.3) is 0 Å². The van der Waals surface area contributed by atoms with Gasteiger partial charge >= 0.3 is 5.97 Å². The van der Waals surface area contributed by atoms with Gasteiger partial charge in [0.05, 0.1) is 18.9 Å². The van der Waals surface area contributed by atoms with Crippen molar-refractivity contribution >= 4 is 17.6 Å². The lowest BCUT2D eigenvalue weighted by molar-refractivity contribution is -0.143. The number of benzene rings is 3. The van der Waals surface area contributed by atoms with E-state index in [1.807, 2.05) is 30.3 Å². The number of hydrogen-bond acceptors (Lipinski definition) is 5. The first kappa shape index (κ1) is 27.1. The second-order valence-corrected chi connectivity index (χ2v) is 9.37. The number of hydrazone groups is 1. The van der Waals surface area contributed by atoms with Crippen molar-refractivity contribution in [3.63, 3.8) is 0 Å². The van der Waals surface area contributed by atoms with Crippen molar-refractivity contribution in [2.45, 2.75) is 51.4 Å². The molecule has 4 rings (SSSR count). The summed E-state index contributed by atoms with van der Waals surface area (Å²) >= 11 is 0. The maximum atomic E-state index is 12.7. The Hall–Kier alpha value is -3.93. The van der Waals surface area contributed by atoms with Crippen LogP contribution >= 0.6 is 0 Å². The molecule has 0 unspecified atom stereocenters. The van der Waals surface area contributed by atoms with Gasteiger partial charge in [-0.25, -0.2) is 5.01 Å². The second-order valence-electron chi connectivity index (χ2n) is 9.37. The van der Waals surface area contributed by atoms with E-state index in [0.717, 1.165) is 29.9 Å². The fourth-order valence-electron chi connectivity index (χ4n) is 4.73. The van der Waals surface area contributed by atoms with Crippen molar-refractivity contribution in [2.24, 2.45) is 5.10 Å². The van der Waals surface area contributed by atoms with E-state index in [4.69, 9.17) is 14.6 Å². The Labute approximate surface area is 225 Å². The minimum Gasteiger partial charge on any atom is -0.494 e. The molecule has 0 aromatic heterocycles. The lowest BCUT2D eigenvalue weighted by Gasteiger charge is -2.28. The summed E-state index contributed by atoms with van der Waals surface area (Å²) in [7, 11) is 0. The molecule has 0 fully saturated rings. The topological polar surface area (TPSA) is 68.2 Å². The van der Waals surface area contributed by atoms with Gasteiger partial charge in [0.15, 0.2) is 0 Å². The van der Waals surface area contributed by atoms with Crippen molar-refractivity contribution in [1.82, 2.24) is 5.01 Å². The van der Waals surface area contributed by atoms with Gasteiger partial charge in [-0.1, -0.05) is 72.8 Å². The zero-order valence-electron chi connectivity index (χ0n) is 22.1. The molecule has 6 heteroatoms. The van der Waals surface area contributed by atoms with Crippen LogP contribution in [0, 0.1) is 0 Å². The molecule has 1 amide bonds. The predicted molar refractivity (Wildman–Crippen MR) is 149 cm³/mol. The molecule has 6 nitrogen and oxygen atoms in total. The molecule has 1 aliphatic heterocycles.